The van der Waals surface area contributed by atoms with Crippen LogP contribution in [0.3, 0.4) is 0 Å². The van der Waals surface area contributed by atoms with Gasteiger partial charge in [-0.2, -0.15) is 11.8 Å². The Bertz CT molecular complexity index is 374. The highest BCUT2D eigenvalue weighted by Gasteiger charge is 2.31. The van der Waals surface area contributed by atoms with Gasteiger partial charge in [-0.05, 0) is 42.0 Å². The fraction of sp³-hybridized carbons (Fsp3) is 0.647. The molecule has 2 atom stereocenters. The Kier molecular flexibility index (Phi) is 5.35. The predicted molar refractivity (Wildman–Crippen MR) is 87.0 cm³/mol. The Labute approximate surface area is 122 Å². The van der Waals surface area contributed by atoms with E-state index in [2.05, 4.69) is 68.2 Å². The molecule has 2 rings (SSSR count). The number of hydrogen-bond acceptors (Lipinski definition) is 2. The molecule has 1 N–H and O–H groups in total. The molecular weight excluding hydrogens is 250 g/mol. The van der Waals surface area contributed by atoms with E-state index in [1.807, 2.05) is 0 Å². The monoisotopic (exact) mass is 277 g/mol. The lowest BCUT2D eigenvalue weighted by molar-refractivity contribution is 0.245. The highest BCUT2D eigenvalue weighted by Crippen LogP contribution is 2.34. The van der Waals surface area contributed by atoms with Crippen molar-refractivity contribution in [2.45, 2.75) is 45.6 Å². The smallest absolute Gasteiger partial charge is 0.0209 e. The fourth-order valence-electron chi connectivity index (χ4n) is 2.69. The number of nitrogens with one attached hydrogen (secondary N) is 1. The van der Waals surface area contributed by atoms with Gasteiger partial charge in [-0.1, -0.05) is 51.1 Å². The number of benzene rings is 1. The molecule has 2 heteroatoms. The summed E-state index contributed by atoms with van der Waals surface area (Å²) < 4.78 is 0. The normalized spacial score (nSPS) is 24.1. The molecular formula is C17H27NS. The average molecular weight is 277 g/mol. The standard InChI is InChI=1S/C17H27NS/c1-14(15-7-5-4-6-8-15)9-11-18-16-13-19-12-10-17(16,2)3/h4-8,14,16,18H,9-13H2,1-3H3. The lowest BCUT2D eigenvalue weighted by atomic mass is 9.82. The number of rotatable bonds is 5. The van der Waals surface area contributed by atoms with Gasteiger partial charge in [-0.25, -0.2) is 0 Å². The lowest BCUT2D eigenvalue weighted by Crippen LogP contribution is -2.47. The van der Waals surface area contributed by atoms with Gasteiger partial charge in [0.15, 0.2) is 0 Å². The molecule has 2 unspecified atom stereocenters. The van der Waals surface area contributed by atoms with E-state index in [0.29, 0.717) is 17.4 Å². The molecule has 106 valence electrons. The third-order valence-electron chi connectivity index (χ3n) is 4.46. The Morgan fingerprint density at radius 3 is 2.74 bits per heavy atom. The van der Waals surface area contributed by atoms with Crippen LogP contribution in [0.5, 0.6) is 0 Å². The van der Waals surface area contributed by atoms with Gasteiger partial charge in [0.05, 0.1) is 0 Å². The first kappa shape index (κ1) is 14.9. The molecule has 0 saturated carbocycles. The van der Waals surface area contributed by atoms with E-state index in [-0.39, 0.29) is 0 Å². The molecule has 0 radical (unpaired) electrons. The molecule has 1 aliphatic heterocycles. The largest absolute Gasteiger partial charge is 0.313 e. The second-order valence-electron chi connectivity index (χ2n) is 6.42. The summed E-state index contributed by atoms with van der Waals surface area (Å²) in [4.78, 5) is 0. The van der Waals surface area contributed by atoms with Gasteiger partial charge in [0.1, 0.15) is 0 Å². The van der Waals surface area contributed by atoms with E-state index < -0.39 is 0 Å². The predicted octanol–water partition coefficient (Wildman–Crippen LogP) is 4.30. The van der Waals surface area contributed by atoms with E-state index >= 15 is 0 Å². The van der Waals surface area contributed by atoms with Gasteiger partial charge in [0.25, 0.3) is 0 Å². The minimum absolute atomic E-state index is 0.460. The van der Waals surface area contributed by atoms with Crippen molar-refractivity contribution in [2.24, 2.45) is 5.41 Å². The van der Waals surface area contributed by atoms with Crippen molar-refractivity contribution < 1.29 is 0 Å². The van der Waals surface area contributed by atoms with Crippen molar-refractivity contribution in [3.8, 4) is 0 Å². The van der Waals surface area contributed by atoms with Crippen LogP contribution in [0.1, 0.15) is 45.1 Å². The molecule has 1 heterocycles. The van der Waals surface area contributed by atoms with Gasteiger partial charge >= 0.3 is 0 Å². The molecule has 0 spiro atoms. The first-order valence-electron chi connectivity index (χ1n) is 7.46. The van der Waals surface area contributed by atoms with Crippen molar-refractivity contribution in [1.82, 2.24) is 5.32 Å². The highest BCUT2D eigenvalue weighted by molar-refractivity contribution is 7.99. The maximum absolute atomic E-state index is 3.79. The van der Waals surface area contributed by atoms with Crippen LogP contribution in [0.4, 0.5) is 0 Å². The van der Waals surface area contributed by atoms with E-state index in [9.17, 15) is 0 Å². The van der Waals surface area contributed by atoms with E-state index in [4.69, 9.17) is 0 Å². The van der Waals surface area contributed by atoms with Crippen LogP contribution >= 0.6 is 11.8 Å². The van der Waals surface area contributed by atoms with Crippen molar-refractivity contribution in [1.29, 1.82) is 0 Å². The summed E-state index contributed by atoms with van der Waals surface area (Å²) >= 11 is 2.10. The molecule has 1 nitrogen and oxygen atoms in total. The summed E-state index contributed by atoms with van der Waals surface area (Å²) in [6, 6.07) is 11.5. The SMILES string of the molecule is CC(CCNC1CSCCC1(C)C)c1ccccc1. The van der Waals surface area contributed by atoms with Gasteiger partial charge in [0.2, 0.25) is 0 Å². The van der Waals surface area contributed by atoms with Crippen LogP contribution in [0.25, 0.3) is 0 Å². The zero-order valence-electron chi connectivity index (χ0n) is 12.5. The summed E-state index contributed by atoms with van der Waals surface area (Å²) in [5.74, 6) is 3.24. The Balaban J connectivity index is 1.77. The third-order valence-corrected chi connectivity index (χ3v) is 5.52. The number of thioether (sulfide) groups is 1. The minimum Gasteiger partial charge on any atom is -0.313 e. The minimum atomic E-state index is 0.460. The Hall–Kier alpha value is -0.470. The summed E-state index contributed by atoms with van der Waals surface area (Å²) in [6.45, 7) is 8.28. The first-order chi connectivity index (χ1) is 9.09. The van der Waals surface area contributed by atoms with Gasteiger partial charge in [-0.15, -0.1) is 0 Å². The van der Waals surface area contributed by atoms with Crippen molar-refractivity contribution in [3.05, 3.63) is 35.9 Å². The van der Waals surface area contributed by atoms with Gasteiger partial charge in [-0.3, -0.25) is 0 Å². The van der Waals surface area contributed by atoms with Crippen molar-refractivity contribution >= 4 is 11.8 Å². The van der Waals surface area contributed by atoms with Gasteiger partial charge < -0.3 is 5.32 Å². The van der Waals surface area contributed by atoms with Crippen LogP contribution in [-0.2, 0) is 0 Å². The van der Waals surface area contributed by atoms with Crippen LogP contribution in [0, 0.1) is 5.41 Å². The molecule has 1 aromatic rings. The van der Waals surface area contributed by atoms with Crippen molar-refractivity contribution in [2.75, 3.05) is 18.1 Å². The lowest BCUT2D eigenvalue weighted by Gasteiger charge is -2.39. The third kappa shape index (κ3) is 4.25. The molecule has 19 heavy (non-hydrogen) atoms. The van der Waals surface area contributed by atoms with E-state index in [0.717, 1.165) is 6.54 Å². The fourth-order valence-corrected chi connectivity index (χ4v) is 4.34. The average Bonchev–Trinajstić information content (AvgIpc) is 2.41. The summed E-state index contributed by atoms with van der Waals surface area (Å²) in [6.07, 6.45) is 2.56. The van der Waals surface area contributed by atoms with Crippen LogP contribution in [0.2, 0.25) is 0 Å². The quantitative estimate of drug-likeness (QED) is 0.861. The molecule has 0 aliphatic carbocycles. The second kappa shape index (κ2) is 6.81. The van der Waals surface area contributed by atoms with E-state index in [1.165, 1.54) is 29.9 Å². The molecule has 1 saturated heterocycles. The molecule has 0 aromatic heterocycles. The Morgan fingerprint density at radius 2 is 2.05 bits per heavy atom. The summed E-state index contributed by atoms with van der Waals surface area (Å²) in [7, 11) is 0. The van der Waals surface area contributed by atoms with Crippen LogP contribution in [-0.4, -0.2) is 24.1 Å². The van der Waals surface area contributed by atoms with Crippen molar-refractivity contribution in [3.63, 3.8) is 0 Å². The second-order valence-corrected chi connectivity index (χ2v) is 7.57. The van der Waals surface area contributed by atoms with Gasteiger partial charge in [0, 0.05) is 11.8 Å². The van der Waals surface area contributed by atoms with Crippen LogP contribution < -0.4 is 5.32 Å². The topological polar surface area (TPSA) is 12.0 Å². The summed E-state index contributed by atoms with van der Waals surface area (Å²) in [5, 5.41) is 3.79. The molecule has 1 fully saturated rings. The Morgan fingerprint density at radius 1 is 1.32 bits per heavy atom. The first-order valence-corrected chi connectivity index (χ1v) is 8.61. The molecule has 0 amide bonds. The summed E-state index contributed by atoms with van der Waals surface area (Å²) in [5.41, 5.74) is 1.92. The zero-order valence-corrected chi connectivity index (χ0v) is 13.3. The maximum Gasteiger partial charge on any atom is 0.0209 e. The molecule has 1 aromatic carbocycles. The zero-order chi connectivity index (χ0) is 13.7. The molecule has 1 aliphatic rings. The molecule has 0 bridgehead atoms. The highest BCUT2D eigenvalue weighted by atomic mass is 32.2. The number of hydrogen-bond donors (Lipinski definition) is 1. The van der Waals surface area contributed by atoms with E-state index in [1.54, 1.807) is 0 Å². The maximum atomic E-state index is 3.79. The van der Waals surface area contributed by atoms with Crippen LogP contribution in [0.15, 0.2) is 30.3 Å².